The van der Waals surface area contributed by atoms with Gasteiger partial charge in [0.1, 0.15) is 22.3 Å². The van der Waals surface area contributed by atoms with Crippen LogP contribution in [-0.4, -0.2) is 4.98 Å². The molecule has 0 saturated carbocycles. The van der Waals surface area contributed by atoms with Gasteiger partial charge in [0, 0.05) is 68.5 Å². The lowest BCUT2D eigenvalue weighted by molar-refractivity contribution is 0.669. The van der Waals surface area contributed by atoms with Crippen molar-refractivity contribution >= 4 is 93.3 Å². The van der Waals surface area contributed by atoms with Crippen molar-refractivity contribution in [1.82, 2.24) is 4.98 Å². The number of aromatic nitrogens is 1. The van der Waals surface area contributed by atoms with Crippen molar-refractivity contribution in [2.45, 2.75) is 0 Å². The predicted octanol–water partition coefficient (Wildman–Crippen LogP) is 15.1. The van der Waals surface area contributed by atoms with Crippen LogP contribution in [0.25, 0.3) is 98.4 Å². The van der Waals surface area contributed by atoms with Crippen molar-refractivity contribution < 1.29 is 8.83 Å². The van der Waals surface area contributed by atoms with Gasteiger partial charge in [-0.3, -0.25) is 4.98 Å². The fraction of sp³-hybridized carbons (Fsp3) is 0. The molecule has 0 N–H and O–H groups in total. The summed E-state index contributed by atoms with van der Waals surface area (Å²) in [7, 11) is 0. The number of fused-ring (bicyclic) bond motifs is 11. The normalized spacial score (nSPS) is 11.9. The highest BCUT2D eigenvalue weighted by Gasteiger charge is 2.19. The summed E-state index contributed by atoms with van der Waals surface area (Å²) in [6.07, 6.45) is 3.76. The fourth-order valence-electron chi connectivity index (χ4n) is 8.72. The van der Waals surface area contributed by atoms with E-state index in [9.17, 15) is 0 Å². The lowest BCUT2D eigenvalue weighted by Gasteiger charge is -2.25. The van der Waals surface area contributed by atoms with E-state index in [0.29, 0.717) is 0 Å². The van der Waals surface area contributed by atoms with E-state index in [1.165, 1.54) is 38.1 Å². The summed E-state index contributed by atoms with van der Waals surface area (Å²) in [4.78, 5) is 6.60. The summed E-state index contributed by atoms with van der Waals surface area (Å²) in [6.45, 7) is 0. The quantitative estimate of drug-likeness (QED) is 0.177. The van der Waals surface area contributed by atoms with E-state index < -0.39 is 0 Å². The Bertz CT molecular complexity index is 3370. The molecule has 266 valence electrons. The zero-order chi connectivity index (χ0) is 37.5. The van der Waals surface area contributed by atoms with E-state index in [1.807, 2.05) is 18.5 Å². The average molecular weight is 729 g/mol. The standard InChI is InChI=1S/C53H32N2O2/c1-3-7-44-37(5-1)17-25-48-52(44)46-23-21-42(30-50(46)56-48)55(43-22-24-47-51(31-43)57-49-26-18-38-6-2-4-8-45(38)53(47)49)41-19-15-34(16-20-41)33-9-11-35(12-10-33)39-14-13-36-27-28-54-32-40(36)29-39/h1-32H. The smallest absolute Gasteiger partial charge is 0.137 e. The van der Waals surface area contributed by atoms with E-state index in [4.69, 9.17) is 8.83 Å². The van der Waals surface area contributed by atoms with Crippen molar-refractivity contribution in [3.63, 3.8) is 0 Å². The molecule has 3 heterocycles. The van der Waals surface area contributed by atoms with Gasteiger partial charge in [-0.2, -0.15) is 0 Å². The second kappa shape index (κ2) is 12.4. The van der Waals surface area contributed by atoms with Gasteiger partial charge in [0.15, 0.2) is 0 Å². The number of nitrogens with zero attached hydrogens (tertiary/aromatic N) is 2. The first-order valence-electron chi connectivity index (χ1n) is 19.2. The molecule has 0 spiro atoms. The van der Waals surface area contributed by atoms with Crippen LogP contribution in [0.2, 0.25) is 0 Å². The summed E-state index contributed by atoms with van der Waals surface area (Å²) in [5.41, 5.74) is 11.1. The topological polar surface area (TPSA) is 42.4 Å². The summed E-state index contributed by atoms with van der Waals surface area (Å²) < 4.78 is 13.1. The largest absolute Gasteiger partial charge is 0.456 e. The van der Waals surface area contributed by atoms with Gasteiger partial charge in [0.25, 0.3) is 0 Å². The minimum Gasteiger partial charge on any atom is -0.456 e. The maximum Gasteiger partial charge on any atom is 0.137 e. The molecule has 9 aromatic carbocycles. The van der Waals surface area contributed by atoms with Crippen molar-refractivity contribution in [3.05, 3.63) is 194 Å². The number of hydrogen-bond donors (Lipinski definition) is 0. The first-order valence-corrected chi connectivity index (χ1v) is 19.2. The molecule has 0 fully saturated rings. The summed E-state index contributed by atoms with van der Waals surface area (Å²) >= 11 is 0. The Kier molecular flexibility index (Phi) is 6.89. The van der Waals surface area contributed by atoms with Gasteiger partial charge in [-0.25, -0.2) is 0 Å². The lowest BCUT2D eigenvalue weighted by atomic mass is 9.98. The van der Waals surface area contributed by atoms with Gasteiger partial charge < -0.3 is 13.7 Å². The Morgan fingerprint density at radius 3 is 1.42 bits per heavy atom. The average Bonchev–Trinajstić information content (AvgIpc) is 3.85. The van der Waals surface area contributed by atoms with Crippen molar-refractivity contribution in [1.29, 1.82) is 0 Å². The maximum absolute atomic E-state index is 6.57. The molecule has 57 heavy (non-hydrogen) atoms. The van der Waals surface area contributed by atoms with Crippen molar-refractivity contribution in [3.8, 4) is 22.3 Å². The molecular formula is C53H32N2O2. The molecule has 12 aromatic rings. The van der Waals surface area contributed by atoms with E-state index in [-0.39, 0.29) is 0 Å². The number of benzene rings is 9. The van der Waals surface area contributed by atoms with Gasteiger partial charge in [0.2, 0.25) is 0 Å². The minimum absolute atomic E-state index is 0.847. The first kappa shape index (κ1) is 31.6. The third kappa shape index (κ3) is 5.12. The van der Waals surface area contributed by atoms with Crippen LogP contribution in [0.3, 0.4) is 0 Å². The van der Waals surface area contributed by atoms with Crippen LogP contribution in [0.1, 0.15) is 0 Å². The predicted molar refractivity (Wildman–Crippen MR) is 237 cm³/mol. The molecule has 0 atom stereocenters. The van der Waals surface area contributed by atoms with E-state index >= 15 is 0 Å². The Morgan fingerprint density at radius 1 is 0.333 bits per heavy atom. The van der Waals surface area contributed by atoms with Crippen LogP contribution in [-0.2, 0) is 0 Å². The minimum atomic E-state index is 0.847. The van der Waals surface area contributed by atoms with Crippen LogP contribution in [0.4, 0.5) is 17.1 Å². The molecule has 0 bridgehead atoms. The number of pyridine rings is 1. The monoisotopic (exact) mass is 728 g/mol. The van der Waals surface area contributed by atoms with E-state index in [1.54, 1.807) is 0 Å². The SMILES string of the molecule is c1ccc2c(c1)ccc1oc3cc(N(c4ccc(-c5ccc(-c6ccc7ccncc7c6)cc5)cc4)c4ccc5c(c4)oc4ccc6ccccc6c45)ccc3c12. The zero-order valence-electron chi connectivity index (χ0n) is 30.7. The number of rotatable bonds is 5. The molecule has 0 amide bonds. The molecule has 0 aliphatic heterocycles. The second-order valence-corrected chi connectivity index (χ2v) is 14.8. The van der Waals surface area contributed by atoms with Crippen LogP contribution in [0, 0.1) is 0 Å². The number of furan rings is 2. The maximum atomic E-state index is 6.57. The number of hydrogen-bond acceptors (Lipinski definition) is 4. The van der Waals surface area contributed by atoms with Gasteiger partial charge in [-0.05, 0) is 110 Å². The molecule has 12 rings (SSSR count). The molecule has 4 heteroatoms. The molecule has 3 aromatic heterocycles. The highest BCUT2D eigenvalue weighted by molar-refractivity contribution is 6.20. The molecular weight excluding hydrogens is 697 g/mol. The Hall–Kier alpha value is -7.69. The van der Waals surface area contributed by atoms with Crippen LogP contribution >= 0.6 is 0 Å². The molecule has 0 saturated heterocycles. The lowest BCUT2D eigenvalue weighted by Crippen LogP contribution is -2.09. The third-order valence-electron chi connectivity index (χ3n) is 11.5. The second-order valence-electron chi connectivity index (χ2n) is 14.8. The van der Waals surface area contributed by atoms with Gasteiger partial charge in [-0.1, -0.05) is 109 Å². The molecule has 0 aliphatic rings. The molecule has 0 aliphatic carbocycles. The fourth-order valence-corrected chi connectivity index (χ4v) is 8.72. The summed E-state index contributed by atoms with van der Waals surface area (Å²) in [5.74, 6) is 0. The van der Waals surface area contributed by atoms with Crippen LogP contribution in [0.5, 0.6) is 0 Å². The van der Waals surface area contributed by atoms with Crippen molar-refractivity contribution in [2.75, 3.05) is 4.90 Å². The van der Waals surface area contributed by atoms with E-state index in [2.05, 4.69) is 186 Å². The van der Waals surface area contributed by atoms with Gasteiger partial charge in [-0.15, -0.1) is 0 Å². The summed E-state index contributed by atoms with van der Waals surface area (Å²) in [5, 5.41) is 11.6. The van der Waals surface area contributed by atoms with Gasteiger partial charge >= 0.3 is 0 Å². The highest BCUT2D eigenvalue weighted by atomic mass is 16.3. The van der Waals surface area contributed by atoms with Gasteiger partial charge in [0.05, 0.1) is 0 Å². The highest BCUT2D eigenvalue weighted by Crippen LogP contribution is 2.43. The molecule has 0 radical (unpaired) electrons. The molecule has 0 unspecified atom stereocenters. The van der Waals surface area contributed by atoms with E-state index in [0.717, 1.165) is 77.5 Å². The summed E-state index contributed by atoms with van der Waals surface area (Å²) in [6, 6.07) is 64.8. The Balaban J connectivity index is 0.968. The van der Waals surface area contributed by atoms with Crippen molar-refractivity contribution in [2.24, 2.45) is 0 Å². The molecule has 4 nitrogen and oxygen atoms in total. The Labute approximate surface area is 327 Å². The third-order valence-corrected chi connectivity index (χ3v) is 11.5. The van der Waals surface area contributed by atoms with Crippen LogP contribution < -0.4 is 4.90 Å². The Morgan fingerprint density at radius 2 is 0.825 bits per heavy atom. The zero-order valence-corrected chi connectivity index (χ0v) is 30.7. The number of anilines is 3. The first-order chi connectivity index (χ1) is 28.2. The van der Waals surface area contributed by atoms with Crippen LogP contribution in [0.15, 0.2) is 203 Å².